The van der Waals surface area contributed by atoms with Gasteiger partial charge in [-0.2, -0.15) is 0 Å². The number of ketones is 1. The van der Waals surface area contributed by atoms with Crippen molar-refractivity contribution in [3.05, 3.63) is 102 Å². The fourth-order valence-electron chi connectivity index (χ4n) is 5.44. The number of hydrogen-bond donors (Lipinski definition) is 2. The van der Waals surface area contributed by atoms with E-state index < -0.39 is 12.2 Å². The molecule has 1 aliphatic rings. The van der Waals surface area contributed by atoms with Crippen molar-refractivity contribution >= 4 is 17.4 Å². The van der Waals surface area contributed by atoms with E-state index in [-0.39, 0.29) is 23.4 Å². The van der Waals surface area contributed by atoms with Crippen LogP contribution in [0.4, 0.5) is 10.1 Å². The minimum absolute atomic E-state index is 0.0678. The van der Waals surface area contributed by atoms with E-state index in [4.69, 9.17) is 4.74 Å². The smallest absolute Gasteiger partial charge is 0.258 e. The molecule has 0 bridgehead atoms. The average Bonchev–Trinajstić information content (AvgIpc) is 3.31. The lowest BCUT2D eigenvalue weighted by Gasteiger charge is -2.26. The molecule has 7 heteroatoms. The number of Topliss-reactive ketones (excluding diaryl/α,β-unsaturated/α-hetero) is 1. The molecular formula is C33H33FN2O4. The van der Waals surface area contributed by atoms with Crippen LogP contribution < -0.4 is 5.32 Å². The van der Waals surface area contributed by atoms with Crippen LogP contribution >= 0.6 is 0 Å². The highest BCUT2D eigenvalue weighted by atomic mass is 19.1. The Kier molecular flexibility index (Phi) is 8.24. The van der Waals surface area contributed by atoms with Crippen molar-refractivity contribution in [3.63, 3.8) is 0 Å². The molecule has 0 radical (unpaired) electrons. The molecule has 1 saturated heterocycles. The number of halogens is 1. The van der Waals surface area contributed by atoms with Gasteiger partial charge in [0.1, 0.15) is 18.0 Å². The summed E-state index contributed by atoms with van der Waals surface area (Å²) in [6.45, 7) is 4.73. The fraction of sp³-hybridized carbons (Fsp3) is 0.273. The van der Waals surface area contributed by atoms with Gasteiger partial charge in [0.25, 0.3) is 5.91 Å². The second kappa shape index (κ2) is 12.0. The molecule has 0 aliphatic carbocycles. The Hall–Kier alpha value is -4.07. The first kappa shape index (κ1) is 27.5. The van der Waals surface area contributed by atoms with Crippen LogP contribution in [-0.4, -0.2) is 40.2 Å². The summed E-state index contributed by atoms with van der Waals surface area (Å²) in [5.74, 6) is -0.999. The summed E-state index contributed by atoms with van der Waals surface area (Å²) < 4.78 is 21.8. The zero-order chi connectivity index (χ0) is 28.2. The molecule has 0 unspecified atom stereocenters. The summed E-state index contributed by atoms with van der Waals surface area (Å²) in [4.78, 5) is 26.8. The zero-order valence-electron chi connectivity index (χ0n) is 22.6. The number of carbonyl (C=O) groups excluding carboxylic acids is 2. The van der Waals surface area contributed by atoms with Gasteiger partial charge in [-0.1, -0.05) is 62.4 Å². The Labute approximate surface area is 233 Å². The Bertz CT molecular complexity index is 1480. The number of anilines is 1. The van der Waals surface area contributed by atoms with Crippen LogP contribution in [0.3, 0.4) is 0 Å². The second-order valence-electron chi connectivity index (χ2n) is 10.3. The lowest BCUT2D eigenvalue weighted by atomic mass is 9.94. The maximum absolute atomic E-state index is 14.1. The lowest BCUT2D eigenvalue weighted by Crippen LogP contribution is -2.40. The van der Waals surface area contributed by atoms with Gasteiger partial charge in [0.15, 0.2) is 5.78 Å². The summed E-state index contributed by atoms with van der Waals surface area (Å²) in [5.41, 5.74) is 5.10. The number of nitrogens with one attached hydrogen (secondary N) is 1. The largest absolute Gasteiger partial charge is 0.385 e. The van der Waals surface area contributed by atoms with E-state index in [2.05, 4.69) is 9.88 Å². The molecule has 40 heavy (non-hydrogen) atoms. The molecule has 1 fully saturated rings. The molecule has 3 aromatic carbocycles. The lowest BCUT2D eigenvalue weighted by molar-refractivity contribution is -0.148. The predicted octanol–water partition coefficient (Wildman–Crippen LogP) is 6.45. The number of aromatic nitrogens is 1. The summed E-state index contributed by atoms with van der Waals surface area (Å²) >= 11 is 0. The number of hydrogen-bond acceptors (Lipinski definition) is 4. The summed E-state index contributed by atoms with van der Waals surface area (Å²) in [6.07, 6.45) is -1.16. The summed E-state index contributed by atoms with van der Waals surface area (Å²) in [7, 11) is 0. The van der Waals surface area contributed by atoms with Crippen molar-refractivity contribution in [1.29, 1.82) is 0 Å². The highest BCUT2D eigenvalue weighted by molar-refractivity contribution is 6.12. The van der Waals surface area contributed by atoms with Crippen molar-refractivity contribution in [2.45, 2.75) is 51.4 Å². The summed E-state index contributed by atoms with van der Waals surface area (Å²) in [6, 6.07) is 25.2. The van der Waals surface area contributed by atoms with Crippen molar-refractivity contribution in [3.8, 4) is 22.4 Å². The van der Waals surface area contributed by atoms with E-state index in [1.807, 2.05) is 74.5 Å². The number of amides is 1. The number of aliphatic hydroxyl groups excluding tert-OH is 1. The van der Waals surface area contributed by atoms with Gasteiger partial charge in [-0.25, -0.2) is 4.39 Å². The number of para-hydroxylation sites is 1. The highest BCUT2D eigenvalue weighted by Crippen LogP contribution is 2.42. The molecule has 2 atom stereocenters. The van der Waals surface area contributed by atoms with E-state index in [0.29, 0.717) is 37.2 Å². The molecule has 4 aromatic rings. The number of benzene rings is 3. The number of nitrogens with zero attached hydrogens (tertiary/aromatic N) is 1. The maximum Gasteiger partial charge on any atom is 0.258 e. The molecule has 1 amide bonds. The van der Waals surface area contributed by atoms with Gasteiger partial charge in [-0.05, 0) is 59.9 Å². The Morgan fingerprint density at radius 3 is 2.30 bits per heavy atom. The van der Waals surface area contributed by atoms with Crippen LogP contribution in [0.15, 0.2) is 84.9 Å². The molecule has 1 aromatic heterocycles. The molecule has 0 saturated carbocycles. The normalized spacial score (nSPS) is 17.3. The molecule has 0 spiro atoms. The minimum Gasteiger partial charge on any atom is -0.385 e. The van der Waals surface area contributed by atoms with Crippen molar-refractivity contribution in [2.24, 2.45) is 0 Å². The monoisotopic (exact) mass is 540 g/mol. The third-order valence-electron chi connectivity index (χ3n) is 7.26. The van der Waals surface area contributed by atoms with Gasteiger partial charge in [0.05, 0.1) is 17.9 Å². The van der Waals surface area contributed by atoms with Crippen LogP contribution in [0.1, 0.15) is 48.7 Å². The van der Waals surface area contributed by atoms with E-state index >= 15 is 0 Å². The van der Waals surface area contributed by atoms with E-state index in [1.54, 1.807) is 12.1 Å². The van der Waals surface area contributed by atoms with E-state index in [9.17, 15) is 19.1 Å². The van der Waals surface area contributed by atoms with Crippen LogP contribution in [-0.2, 0) is 16.1 Å². The predicted molar refractivity (Wildman–Crippen MR) is 154 cm³/mol. The van der Waals surface area contributed by atoms with Gasteiger partial charge in [0.2, 0.25) is 0 Å². The number of carbonyl (C=O) groups is 2. The van der Waals surface area contributed by atoms with Crippen LogP contribution in [0.2, 0.25) is 0 Å². The molecular weight excluding hydrogens is 507 g/mol. The zero-order valence-corrected chi connectivity index (χ0v) is 22.6. The fourth-order valence-corrected chi connectivity index (χ4v) is 5.44. The van der Waals surface area contributed by atoms with Crippen LogP contribution in [0.5, 0.6) is 0 Å². The van der Waals surface area contributed by atoms with Gasteiger partial charge >= 0.3 is 0 Å². The minimum atomic E-state index is -1.03. The van der Waals surface area contributed by atoms with Crippen LogP contribution in [0.25, 0.3) is 22.4 Å². The quantitative estimate of drug-likeness (QED) is 0.269. The molecule has 206 valence electrons. The first-order valence-electron chi connectivity index (χ1n) is 13.6. The first-order chi connectivity index (χ1) is 19.3. The molecule has 2 heterocycles. The molecule has 2 N–H and O–H groups in total. The Morgan fingerprint density at radius 1 is 1.00 bits per heavy atom. The molecule has 6 nitrogen and oxygen atoms in total. The highest BCUT2D eigenvalue weighted by Gasteiger charge is 2.33. The Morgan fingerprint density at radius 2 is 1.65 bits per heavy atom. The van der Waals surface area contributed by atoms with Gasteiger partial charge < -0.3 is 19.7 Å². The van der Waals surface area contributed by atoms with Crippen LogP contribution in [0, 0.1) is 5.82 Å². The van der Waals surface area contributed by atoms with E-state index in [0.717, 1.165) is 28.1 Å². The SMILES string of the molecule is CC(C)c1c(C(=O)Nc2ccccc2)c(-c2ccccc2)c(-c2ccc(F)cc2)n1CC[C@H]1OCC[C@H](O)C1=O. The number of rotatable bonds is 8. The second-order valence-corrected chi connectivity index (χ2v) is 10.3. The molecule has 1 aliphatic heterocycles. The van der Waals surface area contributed by atoms with Crippen molar-refractivity contribution in [2.75, 3.05) is 11.9 Å². The van der Waals surface area contributed by atoms with Gasteiger partial charge in [-0.15, -0.1) is 0 Å². The first-order valence-corrected chi connectivity index (χ1v) is 13.6. The van der Waals surface area contributed by atoms with Crippen molar-refractivity contribution < 1.29 is 23.8 Å². The standard InChI is InChI=1S/C33H33FN2O4/c1-21(2)30-29(33(39)35-25-11-7-4-8-12-25)28(22-9-5-3-6-10-22)31(23-13-15-24(34)16-14-23)36(30)19-17-27-32(38)26(37)18-20-40-27/h3-16,21,26-27,37H,17-20H2,1-2H3,(H,35,39)/t26-,27+/m0/s1. The summed E-state index contributed by atoms with van der Waals surface area (Å²) in [5, 5.41) is 13.2. The topological polar surface area (TPSA) is 80.6 Å². The third kappa shape index (κ3) is 5.62. The van der Waals surface area contributed by atoms with Crippen molar-refractivity contribution in [1.82, 2.24) is 4.57 Å². The van der Waals surface area contributed by atoms with Gasteiger partial charge in [-0.3, -0.25) is 9.59 Å². The Balaban J connectivity index is 1.72. The average molecular weight is 541 g/mol. The van der Waals surface area contributed by atoms with Gasteiger partial charge in [0, 0.05) is 29.9 Å². The third-order valence-corrected chi connectivity index (χ3v) is 7.26. The number of aliphatic hydroxyl groups is 1. The number of ether oxygens (including phenoxy) is 1. The maximum atomic E-state index is 14.1. The molecule has 5 rings (SSSR count). The van der Waals surface area contributed by atoms with E-state index in [1.165, 1.54) is 12.1 Å².